The van der Waals surface area contributed by atoms with Crippen LogP contribution in [0.2, 0.25) is 10.0 Å². The summed E-state index contributed by atoms with van der Waals surface area (Å²) >= 11 is 16.0. The van der Waals surface area contributed by atoms with Crippen LogP contribution in [0.3, 0.4) is 0 Å². The lowest BCUT2D eigenvalue weighted by molar-refractivity contribution is -0.145. The molecule has 2 saturated heterocycles. The third kappa shape index (κ3) is 12.1. The van der Waals surface area contributed by atoms with Gasteiger partial charge in [0.05, 0.1) is 74.0 Å². The molecule has 21 heteroatoms. The topological polar surface area (TPSA) is 172 Å². The summed E-state index contributed by atoms with van der Waals surface area (Å²) in [7, 11) is 2.09. The van der Waals surface area contributed by atoms with Gasteiger partial charge in [-0.15, -0.1) is 11.3 Å². The van der Waals surface area contributed by atoms with Crippen LogP contribution in [0, 0.1) is 19.7 Å². The number of fused-ring (bicyclic) bond motifs is 6. The van der Waals surface area contributed by atoms with E-state index in [2.05, 4.69) is 31.8 Å². The van der Waals surface area contributed by atoms with Crippen LogP contribution in [0.4, 0.5) is 10.3 Å². The minimum absolute atomic E-state index is 0.0312. The van der Waals surface area contributed by atoms with E-state index in [-0.39, 0.29) is 40.5 Å². The number of hydrogen-bond acceptors (Lipinski definition) is 17. The molecule has 0 aliphatic carbocycles. The normalized spacial score (nSPS) is 19.2. The first-order valence-corrected chi connectivity index (χ1v) is 25.4. The average Bonchev–Trinajstić information content (AvgIpc) is 3.76. The summed E-state index contributed by atoms with van der Waals surface area (Å²) < 4.78 is 63.7. The lowest BCUT2D eigenvalue weighted by Crippen LogP contribution is -2.49. The molecule has 6 aromatic rings. The highest BCUT2D eigenvalue weighted by molar-refractivity contribution is 7.22. The summed E-state index contributed by atoms with van der Waals surface area (Å²) in [6, 6.07) is 12.8. The van der Waals surface area contributed by atoms with Crippen molar-refractivity contribution in [2.45, 2.75) is 32.7 Å². The van der Waals surface area contributed by atoms with E-state index in [1.54, 1.807) is 42.6 Å². The molecule has 0 unspecified atom stereocenters. The van der Waals surface area contributed by atoms with Gasteiger partial charge in [-0.2, -0.15) is 0 Å². The smallest absolute Gasteiger partial charge is 0.349 e. The number of thiophene rings is 1. The van der Waals surface area contributed by atoms with E-state index in [0.29, 0.717) is 139 Å². The monoisotopic (exact) mass is 1050 g/mol. The predicted molar refractivity (Wildman–Crippen MR) is 271 cm³/mol. The first-order chi connectivity index (χ1) is 35.0. The van der Waals surface area contributed by atoms with Crippen LogP contribution in [0.5, 0.6) is 23.1 Å². The number of hydrogen-bond donors (Lipinski definition) is 1. The molecule has 3 aromatic heterocycles. The van der Waals surface area contributed by atoms with E-state index in [1.807, 2.05) is 18.7 Å². The van der Waals surface area contributed by atoms with Gasteiger partial charge in [0.25, 0.3) is 0 Å². The van der Waals surface area contributed by atoms with Crippen LogP contribution in [-0.4, -0.2) is 159 Å². The van der Waals surface area contributed by atoms with Gasteiger partial charge in [-0.25, -0.2) is 29.1 Å². The van der Waals surface area contributed by atoms with Gasteiger partial charge in [0.15, 0.2) is 5.75 Å². The van der Waals surface area contributed by atoms with Gasteiger partial charge in [0.1, 0.15) is 47.8 Å². The van der Waals surface area contributed by atoms with Gasteiger partial charge in [0.2, 0.25) is 17.9 Å². The fraction of sp³-hybridized carbons (Fsp3) is 0.431. The molecule has 382 valence electrons. The summed E-state index contributed by atoms with van der Waals surface area (Å²) in [6.07, 6.45) is 0.689. The largest absolute Gasteiger partial charge is 0.490 e. The molecule has 2 atom stereocenters. The molecule has 0 radical (unpaired) electrons. The Morgan fingerprint density at radius 1 is 0.819 bits per heavy atom. The van der Waals surface area contributed by atoms with Crippen LogP contribution in [0.25, 0.3) is 31.8 Å². The molecule has 0 saturated carbocycles. The summed E-state index contributed by atoms with van der Waals surface area (Å²) in [5.74, 6) is -0.488. The Kier molecular flexibility index (Phi) is 17.2. The molecule has 17 nitrogen and oxygen atoms in total. The van der Waals surface area contributed by atoms with Crippen molar-refractivity contribution in [1.29, 1.82) is 0 Å². The number of carboxylic acids is 1. The molecule has 4 aliphatic rings. The number of rotatable bonds is 8. The zero-order chi connectivity index (χ0) is 50.1. The maximum atomic E-state index is 14.4. The van der Waals surface area contributed by atoms with E-state index in [9.17, 15) is 14.3 Å². The number of carbonyl (C=O) groups is 1. The van der Waals surface area contributed by atoms with Crippen molar-refractivity contribution in [3.05, 3.63) is 99.3 Å². The van der Waals surface area contributed by atoms with Crippen molar-refractivity contribution in [2.75, 3.05) is 117 Å². The molecule has 0 amide bonds. The fourth-order valence-corrected chi connectivity index (χ4v) is 10.4. The van der Waals surface area contributed by atoms with E-state index in [1.165, 1.54) is 29.8 Å². The van der Waals surface area contributed by atoms with Gasteiger partial charge in [0, 0.05) is 68.0 Å². The first-order valence-electron chi connectivity index (χ1n) is 23.8. The van der Waals surface area contributed by atoms with Gasteiger partial charge >= 0.3 is 5.97 Å². The van der Waals surface area contributed by atoms with Gasteiger partial charge in [-0.1, -0.05) is 35.3 Å². The minimum atomic E-state index is -1.69. The second kappa shape index (κ2) is 24.0. The highest BCUT2D eigenvalue weighted by atomic mass is 35.5. The highest BCUT2D eigenvalue weighted by Gasteiger charge is 2.33. The van der Waals surface area contributed by atoms with Crippen LogP contribution >= 0.6 is 34.5 Å². The molecule has 4 aliphatic heterocycles. The molecule has 4 bridgehead atoms. The molecule has 72 heavy (non-hydrogen) atoms. The third-order valence-corrected chi connectivity index (χ3v) is 14.7. The second-order valence-electron chi connectivity index (χ2n) is 17.5. The van der Waals surface area contributed by atoms with Crippen molar-refractivity contribution >= 4 is 56.7 Å². The van der Waals surface area contributed by atoms with Crippen molar-refractivity contribution in [2.24, 2.45) is 0 Å². The number of nitrogens with zero attached hydrogens (tertiary/aromatic N) is 7. The molecule has 10 rings (SSSR count). The van der Waals surface area contributed by atoms with Crippen molar-refractivity contribution in [1.82, 2.24) is 29.7 Å². The summed E-state index contributed by atoms with van der Waals surface area (Å²) in [4.78, 5) is 40.0. The summed E-state index contributed by atoms with van der Waals surface area (Å²) in [5.41, 5.74) is 3.85. The number of anilines is 1. The average molecular weight is 1050 g/mol. The van der Waals surface area contributed by atoms with Crippen LogP contribution < -0.4 is 23.8 Å². The van der Waals surface area contributed by atoms with Crippen molar-refractivity contribution < 1.29 is 52.2 Å². The van der Waals surface area contributed by atoms with Crippen molar-refractivity contribution in [3.8, 4) is 44.7 Å². The standard InChI is InChI=1S/C51H56Cl2FN7O10S/c1-31-40-32(2)44(53)46(43(31)52)70-37(27-60-14-12-59(3)13-15-60)29-68-36-8-9-39(69-28-35-10-11-55-51(58-35)61-16-18-64-20-22-66-24-25-67-23-21-65-19-17-61)38(26-36)45(50(62)63)71-48-42-41(40)47(72-49(42)57-30-56-48)33-4-6-34(54)7-5-33/h4-11,26,30,37,45H,12-25,27-29H2,1-3H3,(H,62,63)/t37-,45-/m1/s1. The number of benzene rings is 3. The van der Waals surface area contributed by atoms with Gasteiger partial charge in [-0.3, -0.25) is 4.90 Å². The Bertz CT molecular complexity index is 2790. The lowest BCUT2D eigenvalue weighted by Gasteiger charge is -2.35. The Labute approximate surface area is 430 Å². The third-order valence-electron chi connectivity index (χ3n) is 12.6. The highest BCUT2D eigenvalue weighted by Crippen LogP contribution is 2.53. The number of aromatic nitrogens is 4. The van der Waals surface area contributed by atoms with Crippen LogP contribution in [0.15, 0.2) is 61.1 Å². The van der Waals surface area contributed by atoms with E-state index in [4.69, 9.17) is 66.1 Å². The Morgan fingerprint density at radius 3 is 2.15 bits per heavy atom. The summed E-state index contributed by atoms with van der Waals surface area (Å²) in [5, 5.41) is 12.1. The predicted octanol–water partition coefficient (Wildman–Crippen LogP) is 7.94. The maximum absolute atomic E-state index is 14.4. The number of carboxylic acid groups (broad SMARTS) is 1. The number of piperazine rings is 1. The van der Waals surface area contributed by atoms with Gasteiger partial charge < -0.3 is 52.8 Å². The molecule has 1 N–H and O–H groups in total. The fourth-order valence-electron chi connectivity index (χ4n) is 8.76. The van der Waals surface area contributed by atoms with Crippen LogP contribution in [-0.2, 0) is 30.3 Å². The lowest BCUT2D eigenvalue weighted by atomic mass is 9.92. The van der Waals surface area contributed by atoms with E-state index < -0.39 is 24.0 Å². The number of aliphatic carboxylic acids is 1. The molecule has 3 aromatic carbocycles. The molecule has 2 fully saturated rings. The first kappa shape index (κ1) is 51.4. The van der Waals surface area contributed by atoms with Gasteiger partial charge in [-0.05, 0) is 79.5 Å². The van der Waals surface area contributed by atoms with E-state index >= 15 is 0 Å². The zero-order valence-corrected chi connectivity index (χ0v) is 42.6. The molecule has 7 heterocycles. The number of ether oxygens (including phenoxy) is 8. The number of halogens is 3. The van der Waals surface area contributed by atoms with E-state index in [0.717, 1.165) is 26.2 Å². The van der Waals surface area contributed by atoms with Crippen molar-refractivity contribution in [3.63, 3.8) is 0 Å². The Morgan fingerprint density at radius 2 is 1.49 bits per heavy atom. The summed E-state index contributed by atoms with van der Waals surface area (Å²) in [6.45, 7) is 12.1. The Balaban J connectivity index is 1.11. The molecular formula is C51H56Cl2FN7O10S. The number of likely N-dealkylation sites (N-methyl/N-ethyl adjacent to an activating group) is 1. The molecule has 0 spiro atoms. The minimum Gasteiger partial charge on any atom is -0.490 e. The second-order valence-corrected chi connectivity index (χ2v) is 19.3. The SMILES string of the molecule is Cc1c(Cl)c2c(Cl)c(C)c1-c1c(-c3ccc(F)cc3)sc3ncnc(c13)O[C@@H](C(=O)O)c1cc(ccc1OCc1ccnc(N3CCOCCOCCOCCOCC3)n1)OC[C@@H](CN1CCN(C)CC1)O2. The zero-order valence-electron chi connectivity index (χ0n) is 40.2. The Hall–Kier alpha value is -5.48. The van der Waals surface area contributed by atoms with Crippen LogP contribution in [0.1, 0.15) is 28.5 Å². The molecular weight excluding hydrogens is 993 g/mol. The quantitative estimate of drug-likeness (QED) is 0.156. The maximum Gasteiger partial charge on any atom is 0.349 e.